The highest BCUT2D eigenvalue weighted by atomic mass is 16.5. The Bertz CT molecular complexity index is 1080. The molecule has 260 valence electrons. The van der Waals surface area contributed by atoms with Gasteiger partial charge in [0.25, 0.3) is 0 Å². The van der Waals surface area contributed by atoms with Gasteiger partial charge in [-0.2, -0.15) is 0 Å². The molecule has 0 aliphatic rings. The Hall–Kier alpha value is -2.69. The third kappa shape index (κ3) is 15.3. The fourth-order valence-electron chi connectivity index (χ4n) is 5.58. The van der Waals surface area contributed by atoms with Gasteiger partial charge in [0.05, 0.1) is 26.4 Å². The van der Waals surface area contributed by atoms with Crippen LogP contribution in [0.25, 0.3) is 0 Å². The van der Waals surface area contributed by atoms with Crippen LogP contribution in [0.3, 0.4) is 0 Å². The van der Waals surface area contributed by atoms with Crippen molar-refractivity contribution < 1.29 is 23.7 Å². The molecule has 0 fully saturated rings. The lowest BCUT2D eigenvalue weighted by atomic mass is 9.98. The van der Waals surface area contributed by atoms with E-state index in [1.54, 1.807) is 0 Å². The molecule has 0 unspecified atom stereocenters. The second-order valence-electron chi connectivity index (χ2n) is 12.6. The average Bonchev–Trinajstić information content (AvgIpc) is 3.07. The number of ketones is 1. The van der Waals surface area contributed by atoms with E-state index in [9.17, 15) is 4.79 Å². The summed E-state index contributed by atoms with van der Waals surface area (Å²) < 4.78 is 25.3. The number of carbonyl (C=O) groups is 1. The molecule has 0 spiro atoms. The number of benzene rings is 2. The van der Waals surface area contributed by atoms with Crippen LogP contribution in [0.1, 0.15) is 165 Å². The summed E-state index contributed by atoms with van der Waals surface area (Å²) in [5.41, 5.74) is 2.88. The lowest BCUT2D eigenvalue weighted by Crippen LogP contribution is -2.12. The molecule has 5 nitrogen and oxygen atoms in total. The van der Waals surface area contributed by atoms with Crippen LogP contribution < -0.4 is 18.9 Å². The summed E-state index contributed by atoms with van der Waals surface area (Å²) >= 11 is 0. The standard InChI is InChI=1S/C41H66O5/c1-6-11-15-19-29-43-37-26-23-34(10-5)33-35(37)24-25-36(42)40-38(44-30-20-16-12-7-2)27-28-39(45-31-21-17-13-8-3)41(40)46-32-22-18-14-9-4/h23,26-28,33H,6-22,24-25,29-32H2,1-5H3. The van der Waals surface area contributed by atoms with Crippen molar-refractivity contribution in [2.75, 3.05) is 26.4 Å². The maximum Gasteiger partial charge on any atom is 0.175 e. The van der Waals surface area contributed by atoms with Crippen LogP contribution in [0, 0.1) is 0 Å². The first-order chi connectivity index (χ1) is 22.6. The number of Topliss-reactive ketones (excluding diaryl/α,β-unsaturated/α-hetero) is 1. The molecule has 0 bridgehead atoms. The van der Waals surface area contributed by atoms with Crippen LogP contribution in [0.4, 0.5) is 0 Å². The van der Waals surface area contributed by atoms with Crippen LogP contribution in [-0.2, 0) is 12.8 Å². The molecule has 0 aromatic heterocycles. The summed E-state index contributed by atoms with van der Waals surface area (Å²) in [7, 11) is 0. The molecule has 0 aliphatic carbocycles. The van der Waals surface area contributed by atoms with Gasteiger partial charge in [-0.15, -0.1) is 0 Å². The molecule has 0 saturated carbocycles. The lowest BCUT2D eigenvalue weighted by Gasteiger charge is -2.20. The minimum absolute atomic E-state index is 0.0272. The smallest absolute Gasteiger partial charge is 0.175 e. The summed E-state index contributed by atoms with van der Waals surface area (Å²) in [6.07, 6.45) is 19.9. The normalized spacial score (nSPS) is 11.1. The largest absolute Gasteiger partial charge is 0.493 e. The monoisotopic (exact) mass is 638 g/mol. The zero-order chi connectivity index (χ0) is 33.2. The van der Waals surface area contributed by atoms with Crippen molar-refractivity contribution in [3.63, 3.8) is 0 Å². The Morgan fingerprint density at radius 1 is 0.522 bits per heavy atom. The van der Waals surface area contributed by atoms with E-state index in [2.05, 4.69) is 52.8 Å². The van der Waals surface area contributed by atoms with Crippen LogP contribution in [0.2, 0.25) is 0 Å². The van der Waals surface area contributed by atoms with Gasteiger partial charge >= 0.3 is 0 Å². The van der Waals surface area contributed by atoms with Crippen LogP contribution in [0.5, 0.6) is 23.0 Å². The third-order valence-electron chi connectivity index (χ3n) is 8.53. The van der Waals surface area contributed by atoms with Gasteiger partial charge in [-0.1, -0.05) is 124 Å². The number of carbonyl (C=O) groups excluding carboxylic acids is 1. The van der Waals surface area contributed by atoms with Crippen molar-refractivity contribution in [2.45, 2.75) is 157 Å². The minimum Gasteiger partial charge on any atom is -0.493 e. The first-order valence-corrected chi connectivity index (χ1v) is 18.9. The highest BCUT2D eigenvalue weighted by Gasteiger charge is 2.24. The SMILES string of the molecule is CCCCCCOc1ccc(CC)cc1CCC(=O)c1c(OCCCCCC)ccc(OCCCCCC)c1OCCCCCC. The molecule has 2 aromatic rings. The average molecular weight is 639 g/mol. The van der Waals surface area contributed by atoms with E-state index in [1.807, 2.05) is 12.1 Å². The van der Waals surface area contributed by atoms with E-state index in [1.165, 1.54) is 63.4 Å². The molecule has 5 heteroatoms. The highest BCUT2D eigenvalue weighted by Crippen LogP contribution is 2.40. The van der Waals surface area contributed by atoms with Crippen LogP contribution >= 0.6 is 0 Å². The van der Waals surface area contributed by atoms with E-state index < -0.39 is 0 Å². The lowest BCUT2D eigenvalue weighted by molar-refractivity contribution is 0.0972. The second-order valence-corrected chi connectivity index (χ2v) is 12.6. The minimum atomic E-state index is 0.0272. The maximum absolute atomic E-state index is 14.2. The van der Waals surface area contributed by atoms with Crippen molar-refractivity contribution in [2.24, 2.45) is 0 Å². The number of hydrogen-bond donors (Lipinski definition) is 0. The fourth-order valence-corrected chi connectivity index (χ4v) is 5.58. The van der Waals surface area contributed by atoms with Gasteiger partial charge in [0.1, 0.15) is 17.1 Å². The highest BCUT2D eigenvalue weighted by molar-refractivity contribution is 6.02. The van der Waals surface area contributed by atoms with Crippen molar-refractivity contribution in [1.82, 2.24) is 0 Å². The van der Waals surface area contributed by atoms with E-state index in [-0.39, 0.29) is 5.78 Å². The molecule has 2 aromatic carbocycles. The van der Waals surface area contributed by atoms with Crippen molar-refractivity contribution in [1.29, 1.82) is 0 Å². The zero-order valence-electron chi connectivity index (χ0n) is 30.2. The Kier molecular flexibility index (Phi) is 21.8. The number of aryl methyl sites for hydroxylation is 2. The molecular weight excluding hydrogens is 572 g/mol. The molecule has 0 radical (unpaired) electrons. The summed E-state index contributed by atoms with van der Waals surface area (Å²) in [5.74, 6) is 2.73. The number of unbranched alkanes of at least 4 members (excludes halogenated alkanes) is 12. The van der Waals surface area contributed by atoms with Gasteiger partial charge in [-0.25, -0.2) is 0 Å². The summed E-state index contributed by atoms with van der Waals surface area (Å²) in [5, 5.41) is 0. The van der Waals surface area contributed by atoms with Crippen LogP contribution in [0.15, 0.2) is 30.3 Å². The predicted molar refractivity (Wildman–Crippen MR) is 193 cm³/mol. The molecule has 0 N–H and O–H groups in total. The zero-order valence-corrected chi connectivity index (χ0v) is 30.2. The van der Waals surface area contributed by atoms with Crippen molar-refractivity contribution in [3.05, 3.63) is 47.0 Å². The van der Waals surface area contributed by atoms with Crippen LogP contribution in [-0.4, -0.2) is 32.2 Å². The number of rotatable bonds is 29. The molecule has 46 heavy (non-hydrogen) atoms. The second kappa shape index (κ2) is 25.4. The molecule has 0 saturated heterocycles. The van der Waals surface area contributed by atoms with E-state index in [4.69, 9.17) is 18.9 Å². The van der Waals surface area contributed by atoms with E-state index in [0.717, 1.165) is 62.7 Å². The van der Waals surface area contributed by atoms with Gasteiger partial charge in [0.2, 0.25) is 0 Å². The van der Waals surface area contributed by atoms with Crippen molar-refractivity contribution in [3.8, 4) is 23.0 Å². The first kappa shape index (κ1) is 39.5. The van der Waals surface area contributed by atoms with Gasteiger partial charge < -0.3 is 18.9 Å². The summed E-state index contributed by atoms with van der Waals surface area (Å²) in [6, 6.07) is 10.3. The molecule has 0 atom stereocenters. The van der Waals surface area contributed by atoms with Crippen molar-refractivity contribution >= 4 is 5.78 Å². The number of ether oxygens (including phenoxy) is 4. The Labute approximate surface area is 282 Å². The molecule has 0 amide bonds. The molecular formula is C41H66O5. The fraction of sp³-hybridized carbons (Fsp3) is 0.683. The first-order valence-electron chi connectivity index (χ1n) is 18.9. The van der Waals surface area contributed by atoms with Gasteiger partial charge in [-0.05, 0) is 67.9 Å². The Morgan fingerprint density at radius 2 is 0.978 bits per heavy atom. The summed E-state index contributed by atoms with van der Waals surface area (Å²) in [4.78, 5) is 14.2. The summed E-state index contributed by atoms with van der Waals surface area (Å²) in [6.45, 7) is 13.5. The van der Waals surface area contributed by atoms with Gasteiger partial charge in [-0.3, -0.25) is 4.79 Å². The quantitative estimate of drug-likeness (QED) is 0.0655. The van der Waals surface area contributed by atoms with E-state index >= 15 is 0 Å². The Morgan fingerprint density at radius 3 is 1.50 bits per heavy atom. The predicted octanol–water partition coefficient (Wildman–Crippen LogP) is 11.9. The van der Waals surface area contributed by atoms with Gasteiger partial charge in [0.15, 0.2) is 17.3 Å². The molecule has 0 heterocycles. The maximum atomic E-state index is 14.2. The molecule has 2 rings (SSSR count). The third-order valence-corrected chi connectivity index (χ3v) is 8.53. The van der Waals surface area contributed by atoms with Gasteiger partial charge in [0, 0.05) is 6.42 Å². The Balaban J connectivity index is 2.34. The topological polar surface area (TPSA) is 54.0 Å². The number of hydrogen-bond acceptors (Lipinski definition) is 5. The molecule has 0 aliphatic heterocycles. The van der Waals surface area contributed by atoms with E-state index in [0.29, 0.717) is 62.1 Å².